The molecule has 2 rings (SSSR count). The Bertz CT molecular complexity index is 712. The summed E-state index contributed by atoms with van der Waals surface area (Å²) in [5.74, 6) is 1.55. The molecule has 0 saturated carbocycles. The molecule has 4 nitrogen and oxygen atoms in total. The van der Waals surface area contributed by atoms with Gasteiger partial charge in [-0.2, -0.15) is 0 Å². The maximum Gasteiger partial charge on any atom is 0.344 e. The van der Waals surface area contributed by atoms with E-state index in [9.17, 15) is 4.79 Å². The number of benzene rings is 2. The Morgan fingerprint density at radius 3 is 2.00 bits per heavy atom. The fourth-order valence-electron chi connectivity index (χ4n) is 2.49. The van der Waals surface area contributed by atoms with Crippen molar-refractivity contribution in [1.29, 1.82) is 0 Å². The van der Waals surface area contributed by atoms with Gasteiger partial charge in [-0.15, -0.1) is 0 Å². The number of ether oxygens (including phenoxy) is 3. The minimum Gasteiger partial charge on any atom is -0.489 e. The Hall–Kier alpha value is -2.49. The van der Waals surface area contributed by atoms with Gasteiger partial charge >= 0.3 is 5.97 Å². The first-order chi connectivity index (χ1) is 12.8. The molecule has 27 heavy (non-hydrogen) atoms. The lowest BCUT2D eigenvalue weighted by Gasteiger charge is -2.19. The maximum atomic E-state index is 11.7. The third kappa shape index (κ3) is 7.33. The van der Waals surface area contributed by atoms with Crippen LogP contribution in [-0.4, -0.2) is 18.2 Å². The first-order valence-corrected chi connectivity index (χ1v) is 9.43. The molecule has 0 fully saturated rings. The van der Waals surface area contributed by atoms with E-state index in [0.717, 1.165) is 17.7 Å². The van der Waals surface area contributed by atoms with E-state index in [2.05, 4.69) is 38.1 Å². The number of rotatable bonds is 8. The van der Waals surface area contributed by atoms with Gasteiger partial charge in [0.1, 0.15) is 23.7 Å². The van der Waals surface area contributed by atoms with E-state index >= 15 is 0 Å². The van der Waals surface area contributed by atoms with Crippen molar-refractivity contribution in [3.8, 4) is 11.5 Å². The van der Waals surface area contributed by atoms with Crippen molar-refractivity contribution in [2.75, 3.05) is 6.61 Å². The molecule has 0 saturated heterocycles. The zero-order valence-electron chi connectivity index (χ0n) is 17.0. The number of esters is 1. The van der Waals surface area contributed by atoms with Gasteiger partial charge < -0.3 is 14.2 Å². The molecular formula is C23H30O4. The van der Waals surface area contributed by atoms with E-state index in [1.54, 1.807) is 12.1 Å². The van der Waals surface area contributed by atoms with E-state index in [4.69, 9.17) is 14.2 Å². The monoisotopic (exact) mass is 370 g/mol. The van der Waals surface area contributed by atoms with Crippen molar-refractivity contribution in [1.82, 2.24) is 0 Å². The summed E-state index contributed by atoms with van der Waals surface area (Å²) >= 11 is 0. The zero-order valence-corrected chi connectivity index (χ0v) is 17.0. The predicted molar refractivity (Wildman–Crippen MR) is 107 cm³/mol. The number of hydrogen-bond donors (Lipinski definition) is 0. The SMILES string of the molecule is CCC(C)c1ccc(COc2ccc(OCC(=O)OC(C)(C)C)cc2)cc1. The van der Waals surface area contributed by atoms with Gasteiger partial charge in [0.15, 0.2) is 6.61 Å². The first kappa shape index (κ1) is 20.8. The smallest absolute Gasteiger partial charge is 0.344 e. The van der Waals surface area contributed by atoms with Gasteiger partial charge in [0.25, 0.3) is 0 Å². The molecule has 1 atom stereocenters. The Morgan fingerprint density at radius 1 is 0.926 bits per heavy atom. The first-order valence-electron chi connectivity index (χ1n) is 9.43. The van der Waals surface area contributed by atoms with Crippen LogP contribution < -0.4 is 9.47 Å². The molecule has 0 amide bonds. The van der Waals surface area contributed by atoms with Crippen LogP contribution in [0.25, 0.3) is 0 Å². The summed E-state index contributed by atoms with van der Waals surface area (Å²) in [6.45, 7) is 10.3. The van der Waals surface area contributed by atoms with Crippen LogP contribution in [0.5, 0.6) is 11.5 Å². The number of hydrogen-bond acceptors (Lipinski definition) is 4. The Kier molecular flexibility index (Phi) is 7.28. The highest BCUT2D eigenvalue weighted by Gasteiger charge is 2.16. The summed E-state index contributed by atoms with van der Waals surface area (Å²) in [5.41, 5.74) is 1.98. The lowest BCUT2D eigenvalue weighted by Crippen LogP contribution is -2.27. The van der Waals surface area contributed by atoms with Gasteiger partial charge in [0.2, 0.25) is 0 Å². The van der Waals surface area contributed by atoms with Crippen LogP contribution in [0.4, 0.5) is 0 Å². The predicted octanol–water partition coefficient (Wildman–Crippen LogP) is 5.50. The molecule has 0 heterocycles. The van der Waals surface area contributed by atoms with Crippen LogP contribution in [0.2, 0.25) is 0 Å². The van der Waals surface area contributed by atoms with Crippen molar-refractivity contribution in [2.45, 2.75) is 59.2 Å². The molecule has 0 aliphatic carbocycles. The average molecular weight is 370 g/mol. The number of carbonyl (C=O) groups excluding carboxylic acids is 1. The van der Waals surface area contributed by atoms with Gasteiger partial charge in [0.05, 0.1) is 0 Å². The summed E-state index contributed by atoms with van der Waals surface area (Å²) < 4.78 is 16.5. The van der Waals surface area contributed by atoms with Crippen molar-refractivity contribution < 1.29 is 19.0 Å². The van der Waals surface area contributed by atoms with Gasteiger partial charge in [-0.1, -0.05) is 38.1 Å². The minimum absolute atomic E-state index is 0.111. The van der Waals surface area contributed by atoms with Gasteiger partial charge in [-0.25, -0.2) is 4.79 Å². The standard InChI is InChI=1S/C23H30O4/c1-6-17(2)19-9-7-18(8-10-19)15-25-20-11-13-21(14-12-20)26-16-22(24)27-23(3,4)5/h7-14,17H,6,15-16H2,1-5H3. The van der Waals surface area contributed by atoms with Crippen molar-refractivity contribution in [3.05, 3.63) is 59.7 Å². The fourth-order valence-corrected chi connectivity index (χ4v) is 2.49. The average Bonchev–Trinajstić information content (AvgIpc) is 2.64. The quantitative estimate of drug-likeness (QED) is 0.576. The molecule has 0 aromatic heterocycles. The second-order valence-corrected chi connectivity index (χ2v) is 7.69. The Labute approximate surface area is 162 Å². The highest BCUT2D eigenvalue weighted by Crippen LogP contribution is 2.21. The molecule has 0 bridgehead atoms. The molecule has 146 valence electrons. The Balaban J connectivity index is 1.81. The molecule has 1 unspecified atom stereocenters. The van der Waals surface area contributed by atoms with Crippen molar-refractivity contribution in [2.24, 2.45) is 0 Å². The molecule has 0 aliphatic rings. The summed E-state index contributed by atoms with van der Waals surface area (Å²) in [7, 11) is 0. The summed E-state index contributed by atoms with van der Waals surface area (Å²) in [5, 5.41) is 0. The molecule has 0 aliphatic heterocycles. The molecule has 2 aromatic carbocycles. The van der Waals surface area contributed by atoms with Crippen LogP contribution in [0.15, 0.2) is 48.5 Å². The molecule has 4 heteroatoms. The van der Waals surface area contributed by atoms with Crippen LogP contribution in [0.1, 0.15) is 58.1 Å². The zero-order chi connectivity index (χ0) is 19.9. The van der Waals surface area contributed by atoms with Crippen LogP contribution in [0.3, 0.4) is 0 Å². The van der Waals surface area contributed by atoms with Crippen molar-refractivity contribution in [3.63, 3.8) is 0 Å². The van der Waals surface area contributed by atoms with Crippen molar-refractivity contribution >= 4 is 5.97 Å². The second-order valence-electron chi connectivity index (χ2n) is 7.69. The van der Waals surface area contributed by atoms with Gasteiger partial charge in [-0.3, -0.25) is 0 Å². The largest absolute Gasteiger partial charge is 0.489 e. The van der Waals surface area contributed by atoms with Crippen LogP contribution in [-0.2, 0) is 16.1 Å². The topological polar surface area (TPSA) is 44.8 Å². The molecule has 0 N–H and O–H groups in total. The highest BCUT2D eigenvalue weighted by atomic mass is 16.6. The van der Waals surface area contributed by atoms with E-state index in [1.807, 2.05) is 32.9 Å². The van der Waals surface area contributed by atoms with Crippen LogP contribution in [0, 0.1) is 0 Å². The van der Waals surface area contributed by atoms with E-state index in [1.165, 1.54) is 5.56 Å². The molecule has 0 radical (unpaired) electrons. The van der Waals surface area contributed by atoms with Gasteiger partial charge in [-0.05, 0) is 68.5 Å². The normalized spacial score (nSPS) is 12.3. The number of carbonyl (C=O) groups is 1. The van der Waals surface area contributed by atoms with E-state index in [-0.39, 0.29) is 12.6 Å². The molecule has 2 aromatic rings. The molecular weight excluding hydrogens is 340 g/mol. The molecule has 0 spiro atoms. The third-order valence-electron chi connectivity index (χ3n) is 4.17. The summed E-state index contributed by atoms with van der Waals surface area (Å²) in [6, 6.07) is 15.8. The van der Waals surface area contributed by atoms with E-state index < -0.39 is 5.60 Å². The minimum atomic E-state index is -0.509. The maximum absolute atomic E-state index is 11.7. The highest BCUT2D eigenvalue weighted by molar-refractivity contribution is 5.71. The second kappa shape index (κ2) is 9.45. The van der Waals surface area contributed by atoms with Gasteiger partial charge in [0, 0.05) is 0 Å². The van der Waals surface area contributed by atoms with E-state index in [0.29, 0.717) is 18.3 Å². The third-order valence-corrected chi connectivity index (χ3v) is 4.17. The van der Waals surface area contributed by atoms with Crippen LogP contribution >= 0.6 is 0 Å². The lowest BCUT2D eigenvalue weighted by molar-refractivity contribution is -0.157. The summed E-state index contributed by atoms with van der Waals surface area (Å²) in [6.07, 6.45) is 1.14. The lowest BCUT2D eigenvalue weighted by atomic mass is 9.98. The Morgan fingerprint density at radius 2 is 1.48 bits per heavy atom. The fraction of sp³-hybridized carbons (Fsp3) is 0.435. The summed E-state index contributed by atoms with van der Waals surface area (Å²) in [4.78, 5) is 11.7.